The smallest absolute Gasteiger partial charge is 0.428 e. The van der Waals surface area contributed by atoms with Crippen molar-refractivity contribution < 1.29 is 22.3 Å². The molecule has 2 aromatic rings. The van der Waals surface area contributed by atoms with Crippen LogP contribution < -0.4 is 15.0 Å². The van der Waals surface area contributed by atoms with E-state index in [0.29, 0.717) is 23.3 Å². The first-order valence-electron chi connectivity index (χ1n) is 11.6. The quantitative estimate of drug-likeness (QED) is 0.217. The second kappa shape index (κ2) is 12.2. The van der Waals surface area contributed by atoms with E-state index < -0.39 is 18.3 Å². The number of para-hydroxylation sites is 1. The zero-order valence-corrected chi connectivity index (χ0v) is 20.6. The Hall–Kier alpha value is -2.88. The van der Waals surface area contributed by atoms with Crippen LogP contribution >= 0.6 is 12.2 Å². The molecule has 0 radical (unpaired) electrons. The van der Waals surface area contributed by atoms with Gasteiger partial charge in [0.05, 0.1) is 12.6 Å². The third-order valence-corrected chi connectivity index (χ3v) is 5.73. The summed E-state index contributed by atoms with van der Waals surface area (Å²) in [6.07, 6.45) is -4.15. The van der Waals surface area contributed by atoms with Crippen LogP contribution in [0.3, 0.4) is 0 Å². The van der Waals surface area contributed by atoms with Gasteiger partial charge in [0.1, 0.15) is 5.75 Å². The molecule has 1 aliphatic heterocycles. The van der Waals surface area contributed by atoms with Crippen LogP contribution in [0.1, 0.15) is 39.5 Å². The average molecular weight is 511 g/mol. The van der Waals surface area contributed by atoms with Gasteiger partial charge < -0.3 is 15.0 Å². The maximum Gasteiger partial charge on any atom is 0.461 e. The second-order valence-electron chi connectivity index (χ2n) is 8.36. The van der Waals surface area contributed by atoms with Gasteiger partial charge in [-0.15, -0.1) is 0 Å². The first kappa shape index (κ1) is 26.7. The lowest BCUT2D eigenvalue weighted by Gasteiger charge is -2.31. The normalized spacial score (nSPS) is 15.8. The van der Waals surface area contributed by atoms with Gasteiger partial charge in [0, 0.05) is 24.0 Å². The minimum Gasteiger partial charge on any atom is -0.428 e. The predicted molar refractivity (Wildman–Crippen MR) is 136 cm³/mol. The standard InChI is InChI=1S/C25H30F4N4OS/c1-3-4-5-9-15-32(20-12-7-6-8-13-20)23-30-18(2)17-33(23)24(35)31-19-11-10-14-21(16-19)34-25(28,29)22(26)27/h6-8,10-14,16,18,22H,3-5,9,15,17H2,1-2H3,(H,31,35). The van der Waals surface area contributed by atoms with Gasteiger partial charge in [0.2, 0.25) is 5.96 Å². The molecule has 2 aromatic carbocycles. The highest BCUT2D eigenvalue weighted by Crippen LogP contribution is 2.29. The molecule has 0 spiro atoms. The van der Waals surface area contributed by atoms with Gasteiger partial charge in [0.25, 0.3) is 0 Å². The van der Waals surface area contributed by atoms with Crippen molar-refractivity contribution in [1.29, 1.82) is 0 Å². The van der Waals surface area contributed by atoms with E-state index in [1.807, 2.05) is 42.2 Å². The third-order valence-electron chi connectivity index (χ3n) is 5.41. The van der Waals surface area contributed by atoms with E-state index >= 15 is 0 Å². The highest BCUT2D eigenvalue weighted by Gasteiger charge is 2.44. The van der Waals surface area contributed by atoms with Crippen molar-refractivity contribution in [3.63, 3.8) is 0 Å². The summed E-state index contributed by atoms with van der Waals surface area (Å²) in [4.78, 5) is 8.83. The van der Waals surface area contributed by atoms with Crippen molar-refractivity contribution in [3.8, 4) is 5.75 Å². The number of rotatable bonds is 10. The Morgan fingerprint density at radius 3 is 2.60 bits per heavy atom. The van der Waals surface area contributed by atoms with Crippen molar-refractivity contribution in [2.45, 2.75) is 58.1 Å². The number of thiocarbonyl (C=S) groups is 1. The van der Waals surface area contributed by atoms with Crippen LogP contribution in [0.15, 0.2) is 59.6 Å². The summed E-state index contributed by atoms with van der Waals surface area (Å²) in [6, 6.07) is 15.3. The number of anilines is 2. The molecule has 1 atom stereocenters. The first-order chi connectivity index (χ1) is 16.7. The minimum absolute atomic E-state index is 0.00833. The number of hydrogen-bond acceptors (Lipinski definition) is 4. The van der Waals surface area contributed by atoms with Crippen molar-refractivity contribution in [3.05, 3.63) is 54.6 Å². The van der Waals surface area contributed by atoms with Gasteiger partial charge in [-0.05, 0) is 49.8 Å². The van der Waals surface area contributed by atoms with Crippen molar-refractivity contribution in [2.75, 3.05) is 23.3 Å². The molecule has 0 bridgehead atoms. The number of benzene rings is 2. The van der Waals surface area contributed by atoms with Crippen LogP contribution in [0.2, 0.25) is 0 Å². The lowest BCUT2D eigenvalue weighted by molar-refractivity contribution is -0.253. The lowest BCUT2D eigenvalue weighted by atomic mass is 10.2. The number of unbranched alkanes of at least 4 members (excludes halogenated alkanes) is 3. The molecule has 0 saturated heterocycles. The van der Waals surface area contributed by atoms with Crippen molar-refractivity contribution in [1.82, 2.24) is 4.90 Å². The summed E-state index contributed by atoms with van der Waals surface area (Å²) >= 11 is 5.64. The summed E-state index contributed by atoms with van der Waals surface area (Å²) in [5.74, 6) is 0.308. The Balaban J connectivity index is 1.77. The van der Waals surface area contributed by atoms with E-state index in [1.165, 1.54) is 18.2 Å². The molecule has 5 nitrogen and oxygen atoms in total. The maximum atomic E-state index is 13.3. The van der Waals surface area contributed by atoms with Crippen LogP contribution in [0.25, 0.3) is 0 Å². The highest BCUT2D eigenvalue weighted by molar-refractivity contribution is 7.80. The van der Waals surface area contributed by atoms with E-state index in [4.69, 9.17) is 17.2 Å². The van der Waals surface area contributed by atoms with Crippen LogP contribution in [-0.2, 0) is 0 Å². The molecule has 1 aliphatic rings. The molecular formula is C25H30F4N4OS. The topological polar surface area (TPSA) is 40.1 Å². The number of halogens is 4. The summed E-state index contributed by atoms with van der Waals surface area (Å²) in [7, 11) is 0. The zero-order chi connectivity index (χ0) is 25.4. The van der Waals surface area contributed by atoms with Crippen LogP contribution in [-0.4, -0.2) is 47.6 Å². The Morgan fingerprint density at radius 2 is 1.91 bits per heavy atom. The number of nitrogens with zero attached hydrogens (tertiary/aromatic N) is 3. The number of alkyl halides is 4. The SMILES string of the molecule is CCCCCCN(C1=NC(C)CN1C(=S)Nc1cccc(OC(F)(F)C(F)F)c1)c1ccccc1. The molecule has 3 rings (SSSR count). The number of aliphatic imine (C=N–C) groups is 1. The molecule has 10 heteroatoms. The Labute approximate surface area is 208 Å². The van der Waals surface area contributed by atoms with E-state index in [1.54, 1.807) is 6.07 Å². The molecule has 190 valence electrons. The molecule has 0 amide bonds. The monoisotopic (exact) mass is 510 g/mol. The van der Waals surface area contributed by atoms with Crippen LogP contribution in [0, 0.1) is 0 Å². The fourth-order valence-electron chi connectivity index (χ4n) is 3.72. The fourth-order valence-corrected chi connectivity index (χ4v) is 4.00. The Bertz CT molecular complexity index is 1010. The van der Waals surface area contributed by atoms with Gasteiger partial charge >= 0.3 is 12.5 Å². The average Bonchev–Trinajstić information content (AvgIpc) is 3.21. The highest BCUT2D eigenvalue weighted by atomic mass is 32.1. The summed E-state index contributed by atoms with van der Waals surface area (Å²) in [5, 5.41) is 3.33. The van der Waals surface area contributed by atoms with Gasteiger partial charge in [-0.3, -0.25) is 4.90 Å². The maximum absolute atomic E-state index is 13.3. The van der Waals surface area contributed by atoms with E-state index in [2.05, 4.69) is 21.9 Å². The van der Waals surface area contributed by atoms with Gasteiger partial charge in [-0.25, -0.2) is 4.99 Å². The number of ether oxygens (including phenoxy) is 1. The molecule has 0 aliphatic carbocycles. The van der Waals surface area contributed by atoms with E-state index in [0.717, 1.165) is 37.9 Å². The first-order valence-corrected chi connectivity index (χ1v) is 12.1. The molecule has 35 heavy (non-hydrogen) atoms. The second-order valence-corrected chi connectivity index (χ2v) is 8.75. The largest absolute Gasteiger partial charge is 0.461 e. The molecule has 0 saturated carbocycles. The molecule has 0 aromatic heterocycles. The lowest BCUT2D eigenvalue weighted by Crippen LogP contribution is -2.47. The van der Waals surface area contributed by atoms with E-state index in [9.17, 15) is 17.6 Å². The Kier molecular flexibility index (Phi) is 9.31. The van der Waals surface area contributed by atoms with Gasteiger partial charge in [-0.2, -0.15) is 17.6 Å². The molecule has 0 fully saturated rings. The number of hydrogen-bond donors (Lipinski definition) is 1. The van der Waals surface area contributed by atoms with Crippen molar-refractivity contribution >= 4 is 34.7 Å². The summed E-state index contributed by atoms with van der Waals surface area (Å²) < 4.78 is 55.8. The molecule has 1 heterocycles. The third kappa shape index (κ3) is 7.30. The van der Waals surface area contributed by atoms with E-state index in [-0.39, 0.29) is 6.04 Å². The summed E-state index contributed by atoms with van der Waals surface area (Å²) in [5.41, 5.74) is 1.33. The number of nitrogens with one attached hydrogen (secondary N) is 1. The molecule has 1 N–H and O–H groups in total. The number of guanidine groups is 1. The predicted octanol–water partition coefficient (Wildman–Crippen LogP) is 6.77. The van der Waals surface area contributed by atoms with Crippen LogP contribution in [0.4, 0.5) is 28.9 Å². The fraction of sp³-hybridized carbons (Fsp3) is 0.440. The molecular weight excluding hydrogens is 480 g/mol. The van der Waals surface area contributed by atoms with Gasteiger partial charge in [-0.1, -0.05) is 50.5 Å². The van der Waals surface area contributed by atoms with Crippen molar-refractivity contribution in [2.24, 2.45) is 4.99 Å². The Morgan fingerprint density at radius 1 is 1.17 bits per heavy atom. The molecule has 1 unspecified atom stereocenters. The van der Waals surface area contributed by atoms with Crippen LogP contribution in [0.5, 0.6) is 5.75 Å². The zero-order valence-electron chi connectivity index (χ0n) is 19.8. The summed E-state index contributed by atoms with van der Waals surface area (Å²) in [6.45, 7) is 5.46. The minimum atomic E-state index is -4.59. The van der Waals surface area contributed by atoms with Gasteiger partial charge in [0.15, 0.2) is 5.11 Å².